The third-order valence-corrected chi connectivity index (χ3v) is 6.27. The molecule has 0 atom stereocenters. The molecule has 0 bridgehead atoms. The standard InChI is InChI=1S/C20H25F3N4O3S/c1-31(29,30)16-7-5-15(6-8-16)17-13-25-27(14-20(21,22)23)19(28)18(17)24-9-12-26-10-3-2-4-11-26/h5-8,13,24H,2-4,9-12,14H2,1H3. The van der Waals surface area contributed by atoms with Crippen LogP contribution in [0.5, 0.6) is 0 Å². The number of hydrogen-bond donors (Lipinski definition) is 1. The van der Waals surface area contributed by atoms with Crippen LogP contribution in [0.15, 0.2) is 40.2 Å². The molecule has 1 saturated heterocycles. The van der Waals surface area contributed by atoms with Crippen molar-refractivity contribution in [1.82, 2.24) is 14.7 Å². The number of alkyl halides is 3. The van der Waals surface area contributed by atoms with Crippen LogP contribution in [0, 0.1) is 0 Å². The van der Waals surface area contributed by atoms with Crippen molar-refractivity contribution in [3.05, 3.63) is 40.8 Å². The minimum absolute atomic E-state index is 0.0170. The van der Waals surface area contributed by atoms with Gasteiger partial charge in [-0.25, -0.2) is 13.1 Å². The summed E-state index contributed by atoms with van der Waals surface area (Å²) in [4.78, 5) is 15.1. The van der Waals surface area contributed by atoms with Gasteiger partial charge in [0.1, 0.15) is 12.2 Å². The highest BCUT2D eigenvalue weighted by molar-refractivity contribution is 7.90. The maximum absolute atomic E-state index is 12.8. The minimum Gasteiger partial charge on any atom is -0.379 e. The van der Waals surface area contributed by atoms with Gasteiger partial charge in [-0.3, -0.25) is 4.79 Å². The number of nitrogens with zero attached hydrogens (tertiary/aromatic N) is 3. The van der Waals surface area contributed by atoms with E-state index in [0.29, 0.717) is 28.9 Å². The van der Waals surface area contributed by atoms with Crippen molar-refractivity contribution in [2.24, 2.45) is 0 Å². The fraction of sp³-hybridized carbons (Fsp3) is 0.500. The molecule has 1 aliphatic heterocycles. The van der Waals surface area contributed by atoms with Gasteiger partial charge in [0.2, 0.25) is 0 Å². The van der Waals surface area contributed by atoms with Gasteiger partial charge < -0.3 is 10.2 Å². The molecule has 0 saturated carbocycles. The summed E-state index contributed by atoms with van der Waals surface area (Å²) in [7, 11) is -3.40. The highest BCUT2D eigenvalue weighted by Gasteiger charge is 2.30. The summed E-state index contributed by atoms with van der Waals surface area (Å²) in [6, 6.07) is 5.81. The number of aromatic nitrogens is 2. The molecular formula is C20H25F3N4O3S. The summed E-state index contributed by atoms with van der Waals surface area (Å²) in [6.07, 6.45) is 1.09. The molecule has 0 amide bonds. The predicted octanol–water partition coefficient (Wildman–Crippen LogP) is 2.77. The first-order chi connectivity index (χ1) is 14.5. The second-order valence-corrected chi connectivity index (χ2v) is 9.65. The van der Waals surface area contributed by atoms with Crippen LogP contribution in [-0.4, -0.2) is 61.7 Å². The topological polar surface area (TPSA) is 84.3 Å². The Bertz CT molecular complexity index is 1060. The minimum atomic E-state index is -4.58. The third kappa shape index (κ3) is 6.30. The van der Waals surface area contributed by atoms with Crippen molar-refractivity contribution in [1.29, 1.82) is 0 Å². The van der Waals surface area contributed by atoms with Crippen molar-refractivity contribution >= 4 is 15.5 Å². The first-order valence-electron chi connectivity index (χ1n) is 9.98. The van der Waals surface area contributed by atoms with Crippen LogP contribution in [0.25, 0.3) is 11.1 Å². The molecule has 1 fully saturated rings. The Morgan fingerprint density at radius 3 is 2.32 bits per heavy atom. The molecule has 1 aromatic carbocycles. The van der Waals surface area contributed by atoms with E-state index in [9.17, 15) is 26.4 Å². The summed E-state index contributed by atoms with van der Waals surface area (Å²) in [5.41, 5.74) is -0.0530. The molecule has 3 rings (SSSR count). The largest absolute Gasteiger partial charge is 0.408 e. The van der Waals surface area contributed by atoms with Gasteiger partial charge in [-0.05, 0) is 43.6 Å². The van der Waals surface area contributed by atoms with Crippen LogP contribution >= 0.6 is 0 Å². The van der Waals surface area contributed by atoms with Gasteiger partial charge in [-0.2, -0.15) is 18.3 Å². The molecule has 2 heterocycles. The van der Waals surface area contributed by atoms with Crippen molar-refractivity contribution in [3.8, 4) is 11.1 Å². The van der Waals surface area contributed by atoms with E-state index in [4.69, 9.17) is 0 Å². The van der Waals surface area contributed by atoms with E-state index in [2.05, 4.69) is 15.3 Å². The maximum Gasteiger partial charge on any atom is 0.408 e. The van der Waals surface area contributed by atoms with Gasteiger partial charge in [0, 0.05) is 24.9 Å². The first-order valence-corrected chi connectivity index (χ1v) is 11.9. The Morgan fingerprint density at radius 2 is 1.74 bits per heavy atom. The molecule has 0 aliphatic carbocycles. The van der Waals surface area contributed by atoms with Crippen LogP contribution in [0.1, 0.15) is 19.3 Å². The lowest BCUT2D eigenvalue weighted by Gasteiger charge is -2.26. The number of halogens is 3. The second-order valence-electron chi connectivity index (χ2n) is 7.64. The van der Waals surface area contributed by atoms with E-state index in [1.54, 1.807) is 0 Å². The lowest BCUT2D eigenvalue weighted by Crippen LogP contribution is -2.36. The number of rotatable bonds is 7. The van der Waals surface area contributed by atoms with Gasteiger partial charge in [-0.1, -0.05) is 18.6 Å². The number of sulfone groups is 1. The van der Waals surface area contributed by atoms with Gasteiger partial charge >= 0.3 is 6.18 Å². The van der Waals surface area contributed by atoms with Crippen LogP contribution in [0.4, 0.5) is 18.9 Å². The number of piperidine rings is 1. The Balaban J connectivity index is 1.91. The predicted molar refractivity (Wildman–Crippen MR) is 112 cm³/mol. The summed E-state index contributed by atoms with van der Waals surface area (Å²) in [6.45, 7) is 1.47. The molecule has 1 aliphatic rings. The van der Waals surface area contributed by atoms with E-state index < -0.39 is 28.1 Å². The summed E-state index contributed by atoms with van der Waals surface area (Å²) < 4.78 is 62.3. The van der Waals surface area contributed by atoms with E-state index in [-0.39, 0.29) is 10.6 Å². The zero-order chi connectivity index (χ0) is 22.6. The number of anilines is 1. The van der Waals surface area contributed by atoms with Crippen LogP contribution in [0.3, 0.4) is 0 Å². The third-order valence-electron chi connectivity index (χ3n) is 5.14. The van der Waals surface area contributed by atoms with Gasteiger partial charge in [-0.15, -0.1) is 0 Å². The fourth-order valence-electron chi connectivity index (χ4n) is 3.56. The van der Waals surface area contributed by atoms with Crippen molar-refractivity contribution < 1.29 is 21.6 Å². The van der Waals surface area contributed by atoms with Crippen molar-refractivity contribution in [3.63, 3.8) is 0 Å². The second kappa shape index (κ2) is 9.39. The molecule has 0 spiro atoms. The van der Waals surface area contributed by atoms with E-state index in [1.165, 1.54) is 36.9 Å². The molecule has 0 unspecified atom stereocenters. The van der Waals surface area contributed by atoms with Crippen molar-refractivity contribution in [2.45, 2.75) is 36.9 Å². The number of nitrogens with one attached hydrogen (secondary N) is 1. The Morgan fingerprint density at radius 1 is 1.10 bits per heavy atom. The number of hydrogen-bond acceptors (Lipinski definition) is 6. The summed E-state index contributed by atoms with van der Waals surface area (Å²) >= 11 is 0. The Hall–Kier alpha value is -2.40. The molecule has 7 nitrogen and oxygen atoms in total. The van der Waals surface area contributed by atoms with Crippen LogP contribution in [-0.2, 0) is 16.4 Å². The number of likely N-dealkylation sites (tertiary alicyclic amines) is 1. The zero-order valence-electron chi connectivity index (χ0n) is 17.2. The molecule has 170 valence electrons. The summed E-state index contributed by atoms with van der Waals surface area (Å²) in [5.74, 6) is 0. The smallest absolute Gasteiger partial charge is 0.379 e. The first kappa shape index (κ1) is 23.3. The van der Waals surface area contributed by atoms with Crippen LogP contribution in [0.2, 0.25) is 0 Å². The summed E-state index contributed by atoms with van der Waals surface area (Å²) in [5, 5.41) is 6.68. The average Bonchev–Trinajstić information content (AvgIpc) is 2.70. The van der Waals surface area contributed by atoms with Crippen molar-refractivity contribution in [2.75, 3.05) is 37.8 Å². The van der Waals surface area contributed by atoms with Gasteiger partial charge in [0.25, 0.3) is 5.56 Å². The molecule has 1 N–H and O–H groups in total. The normalized spacial score (nSPS) is 15.7. The van der Waals surface area contributed by atoms with Gasteiger partial charge in [0.15, 0.2) is 9.84 Å². The molecule has 1 aromatic heterocycles. The quantitative estimate of drug-likeness (QED) is 0.687. The molecular weight excluding hydrogens is 433 g/mol. The highest BCUT2D eigenvalue weighted by atomic mass is 32.2. The lowest BCUT2D eigenvalue weighted by atomic mass is 10.1. The lowest BCUT2D eigenvalue weighted by molar-refractivity contribution is -0.143. The Labute approximate surface area is 178 Å². The SMILES string of the molecule is CS(=O)(=O)c1ccc(-c2cnn(CC(F)(F)F)c(=O)c2NCCN2CCCCC2)cc1. The van der Waals surface area contributed by atoms with Crippen LogP contribution < -0.4 is 10.9 Å². The molecule has 2 aromatic rings. The number of benzene rings is 1. The Kier molecular flexibility index (Phi) is 7.05. The van der Waals surface area contributed by atoms with E-state index in [0.717, 1.165) is 32.2 Å². The van der Waals surface area contributed by atoms with Gasteiger partial charge in [0.05, 0.1) is 11.1 Å². The molecule has 11 heteroatoms. The molecule has 31 heavy (non-hydrogen) atoms. The fourth-order valence-corrected chi connectivity index (χ4v) is 4.20. The molecule has 0 radical (unpaired) electrons. The highest BCUT2D eigenvalue weighted by Crippen LogP contribution is 2.26. The zero-order valence-corrected chi connectivity index (χ0v) is 18.0. The average molecular weight is 459 g/mol. The van der Waals surface area contributed by atoms with E-state index in [1.807, 2.05) is 0 Å². The maximum atomic E-state index is 12.8. The monoisotopic (exact) mass is 458 g/mol. The van der Waals surface area contributed by atoms with E-state index >= 15 is 0 Å².